The van der Waals surface area contributed by atoms with Crippen molar-refractivity contribution < 1.29 is 18.9 Å². The lowest BCUT2D eigenvalue weighted by Crippen LogP contribution is -2.40. The summed E-state index contributed by atoms with van der Waals surface area (Å²) in [5, 5.41) is 0. The van der Waals surface area contributed by atoms with E-state index in [4.69, 9.17) is 18.9 Å². The largest absolute Gasteiger partial charge is 0.372 e. The van der Waals surface area contributed by atoms with E-state index in [1.165, 1.54) is 12.8 Å². The van der Waals surface area contributed by atoms with Crippen molar-refractivity contribution in [2.24, 2.45) is 5.92 Å². The summed E-state index contributed by atoms with van der Waals surface area (Å²) >= 11 is 0. The minimum absolute atomic E-state index is 0.0111. The van der Waals surface area contributed by atoms with E-state index < -0.39 is 0 Å². The fourth-order valence-electron chi connectivity index (χ4n) is 4.56. The Morgan fingerprint density at radius 1 is 1.04 bits per heavy atom. The predicted molar refractivity (Wildman–Crippen MR) is 92.1 cm³/mol. The Labute approximate surface area is 146 Å². The lowest BCUT2D eigenvalue weighted by Gasteiger charge is -2.36. The normalized spacial score (nSPS) is 48.8. The molecule has 3 aliphatic heterocycles. The van der Waals surface area contributed by atoms with Gasteiger partial charge in [-0.15, -0.1) is 0 Å². The van der Waals surface area contributed by atoms with Crippen LogP contribution in [0.15, 0.2) is 0 Å². The quantitative estimate of drug-likeness (QED) is 0.662. The summed E-state index contributed by atoms with van der Waals surface area (Å²) in [5.41, 5.74) is 0.160. The average Bonchev–Trinajstić information content (AvgIpc) is 3.40. The number of fused-ring (bicyclic) bond motifs is 1. The highest BCUT2D eigenvalue weighted by Crippen LogP contribution is 2.52. The van der Waals surface area contributed by atoms with Crippen LogP contribution in [0.2, 0.25) is 0 Å². The minimum Gasteiger partial charge on any atom is -0.372 e. The molecule has 0 aromatic heterocycles. The van der Waals surface area contributed by atoms with Crippen LogP contribution in [-0.2, 0) is 18.9 Å². The fourth-order valence-corrected chi connectivity index (χ4v) is 4.56. The van der Waals surface area contributed by atoms with Crippen LogP contribution in [0, 0.1) is 5.92 Å². The number of hydrogen-bond donors (Lipinski definition) is 0. The highest BCUT2D eigenvalue weighted by atomic mass is 16.6. The Kier molecular flexibility index (Phi) is 3.73. The average molecular weight is 338 g/mol. The molecule has 4 heteroatoms. The van der Waals surface area contributed by atoms with Gasteiger partial charge in [-0.25, -0.2) is 0 Å². The Balaban J connectivity index is 1.21. The molecule has 0 bridgehead atoms. The van der Waals surface area contributed by atoms with Crippen molar-refractivity contribution in [2.45, 2.75) is 114 Å². The topological polar surface area (TPSA) is 46.8 Å². The van der Waals surface area contributed by atoms with E-state index in [2.05, 4.69) is 41.5 Å². The van der Waals surface area contributed by atoms with E-state index in [0.717, 1.165) is 19.3 Å². The summed E-state index contributed by atoms with van der Waals surface area (Å²) in [6.45, 7) is 14.0. The Morgan fingerprint density at radius 3 is 2.38 bits per heavy atom. The molecule has 1 aliphatic carbocycles. The summed E-state index contributed by atoms with van der Waals surface area (Å²) in [7, 11) is 0. The molecular weight excluding hydrogens is 304 g/mol. The van der Waals surface area contributed by atoms with Gasteiger partial charge in [0.1, 0.15) is 6.10 Å². The van der Waals surface area contributed by atoms with Crippen molar-refractivity contribution in [1.29, 1.82) is 0 Å². The molecule has 4 rings (SSSR count). The number of epoxide rings is 3. The summed E-state index contributed by atoms with van der Waals surface area (Å²) in [4.78, 5) is 0. The molecule has 4 nitrogen and oxygen atoms in total. The van der Waals surface area contributed by atoms with Gasteiger partial charge in [0.15, 0.2) is 0 Å². The zero-order chi connectivity index (χ0) is 17.4. The van der Waals surface area contributed by atoms with Gasteiger partial charge in [0.25, 0.3) is 0 Å². The monoisotopic (exact) mass is 338 g/mol. The van der Waals surface area contributed by atoms with Crippen molar-refractivity contribution in [2.75, 3.05) is 6.61 Å². The summed E-state index contributed by atoms with van der Waals surface area (Å²) < 4.78 is 23.8. The smallest absolute Gasteiger partial charge is 0.110 e. The van der Waals surface area contributed by atoms with Crippen molar-refractivity contribution >= 4 is 0 Å². The first kappa shape index (κ1) is 17.3. The van der Waals surface area contributed by atoms with Crippen LogP contribution in [0.4, 0.5) is 0 Å². The van der Waals surface area contributed by atoms with Crippen LogP contribution < -0.4 is 0 Å². The molecule has 0 radical (unpaired) electrons. The maximum atomic E-state index is 6.34. The van der Waals surface area contributed by atoms with E-state index in [1.807, 2.05) is 0 Å². The molecule has 24 heavy (non-hydrogen) atoms. The molecule has 4 fully saturated rings. The molecule has 138 valence electrons. The zero-order valence-corrected chi connectivity index (χ0v) is 16.2. The lowest BCUT2D eigenvalue weighted by molar-refractivity contribution is -0.0740. The predicted octanol–water partition coefficient (Wildman–Crippen LogP) is 3.85. The first-order chi connectivity index (χ1) is 11.0. The van der Waals surface area contributed by atoms with Gasteiger partial charge in [-0.1, -0.05) is 0 Å². The van der Waals surface area contributed by atoms with Gasteiger partial charge >= 0.3 is 0 Å². The Hall–Kier alpha value is -0.160. The summed E-state index contributed by atoms with van der Waals surface area (Å²) in [5.74, 6) is 0.587. The van der Waals surface area contributed by atoms with Crippen LogP contribution >= 0.6 is 0 Å². The molecule has 0 amide bonds. The van der Waals surface area contributed by atoms with Crippen molar-refractivity contribution in [1.82, 2.24) is 0 Å². The van der Waals surface area contributed by atoms with Crippen molar-refractivity contribution in [3.05, 3.63) is 0 Å². The first-order valence-corrected chi connectivity index (χ1v) is 9.72. The van der Waals surface area contributed by atoms with Crippen molar-refractivity contribution in [3.8, 4) is 0 Å². The van der Waals surface area contributed by atoms with E-state index in [0.29, 0.717) is 24.7 Å². The molecule has 0 spiro atoms. The second-order valence-corrected chi connectivity index (χ2v) is 9.97. The highest BCUT2D eigenvalue weighted by molar-refractivity contribution is 5.07. The van der Waals surface area contributed by atoms with E-state index in [-0.39, 0.29) is 28.5 Å². The summed E-state index contributed by atoms with van der Waals surface area (Å²) in [6.07, 6.45) is 6.78. The van der Waals surface area contributed by atoms with Crippen LogP contribution in [0.25, 0.3) is 0 Å². The van der Waals surface area contributed by atoms with Crippen molar-refractivity contribution in [3.63, 3.8) is 0 Å². The molecule has 6 atom stereocenters. The van der Waals surface area contributed by atoms with Gasteiger partial charge in [-0.3, -0.25) is 0 Å². The molecule has 0 aromatic rings. The molecule has 6 unspecified atom stereocenters. The number of hydrogen-bond acceptors (Lipinski definition) is 4. The SMILES string of the molecule is CC(C)(OCC1OC1(C)CCC1OC1(C)C)C1CCC2(C)OC2C1. The molecule has 3 saturated heterocycles. The fraction of sp³-hybridized carbons (Fsp3) is 1.00. The number of rotatable bonds is 7. The lowest BCUT2D eigenvalue weighted by atomic mass is 9.75. The maximum Gasteiger partial charge on any atom is 0.110 e. The highest BCUT2D eigenvalue weighted by Gasteiger charge is 2.58. The van der Waals surface area contributed by atoms with Gasteiger partial charge in [0.2, 0.25) is 0 Å². The van der Waals surface area contributed by atoms with Gasteiger partial charge in [0.05, 0.1) is 41.2 Å². The maximum absolute atomic E-state index is 6.34. The molecule has 0 aromatic carbocycles. The third-order valence-corrected chi connectivity index (χ3v) is 7.22. The van der Waals surface area contributed by atoms with E-state index >= 15 is 0 Å². The standard InChI is InChI=1S/C20H34O4/c1-17(2,13-7-9-19(5)15(11-13)23-19)21-12-16-20(6,24-16)10-8-14-18(3,4)22-14/h13-16H,7-12H2,1-6H3. The van der Waals surface area contributed by atoms with Gasteiger partial charge in [-0.05, 0) is 79.6 Å². The first-order valence-electron chi connectivity index (χ1n) is 9.72. The third kappa shape index (κ3) is 3.15. The van der Waals surface area contributed by atoms with Gasteiger partial charge in [0, 0.05) is 0 Å². The van der Waals surface area contributed by atoms with Gasteiger partial charge in [-0.2, -0.15) is 0 Å². The van der Waals surface area contributed by atoms with Crippen LogP contribution in [0.5, 0.6) is 0 Å². The van der Waals surface area contributed by atoms with Crippen LogP contribution in [0.3, 0.4) is 0 Å². The minimum atomic E-state index is -0.0955. The van der Waals surface area contributed by atoms with Gasteiger partial charge < -0.3 is 18.9 Å². The van der Waals surface area contributed by atoms with E-state index in [1.54, 1.807) is 0 Å². The molecule has 0 N–H and O–H groups in total. The Morgan fingerprint density at radius 2 is 1.75 bits per heavy atom. The van der Waals surface area contributed by atoms with Crippen LogP contribution in [0.1, 0.15) is 73.6 Å². The molecule has 3 heterocycles. The van der Waals surface area contributed by atoms with Crippen LogP contribution in [-0.4, -0.2) is 47.3 Å². The molecule has 1 saturated carbocycles. The zero-order valence-electron chi connectivity index (χ0n) is 16.2. The molecular formula is C20H34O4. The molecule has 4 aliphatic rings. The summed E-state index contributed by atoms with van der Waals surface area (Å²) in [6, 6.07) is 0. The number of ether oxygens (including phenoxy) is 4. The second kappa shape index (κ2) is 5.18. The van der Waals surface area contributed by atoms with E-state index in [9.17, 15) is 0 Å². The Bertz CT molecular complexity index is 516. The third-order valence-electron chi connectivity index (χ3n) is 7.22. The second-order valence-electron chi connectivity index (χ2n) is 9.97.